The number of furan rings is 1. The summed E-state index contributed by atoms with van der Waals surface area (Å²) in [5.41, 5.74) is 0. The molecule has 1 aliphatic heterocycles. The summed E-state index contributed by atoms with van der Waals surface area (Å²) in [5.74, 6) is 1.84. The second kappa shape index (κ2) is 11.8. The Morgan fingerprint density at radius 1 is 1.35 bits per heavy atom. The molecule has 1 aromatic rings. The van der Waals surface area contributed by atoms with Gasteiger partial charge < -0.3 is 15.1 Å². The highest BCUT2D eigenvalue weighted by Crippen LogP contribution is 2.25. The zero-order chi connectivity index (χ0) is 18.1. The van der Waals surface area contributed by atoms with Crippen LogP contribution in [0.1, 0.15) is 38.0 Å². The molecule has 1 atom stereocenters. The number of sulfone groups is 1. The smallest absolute Gasteiger partial charge is 0.191 e. The van der Waals surface area contributed by atoms with Gasteiger partial charge in [0, 0.05) is 19.3 Å². The van der Waals surface area contributed by atoms with Gasteiger partial charge in [-0.2, -0.15) is 0 Å². The van der Waals surface area contributed by atoms with Crippen molar-refractivity contribution in [3.05, 3.63) is 24.2 Å². The minimum atomic E-state index is -2.92. The van der Waals surface area contributed by atoms with Gasteiger partial charge in [-0.15, -0.1) is 24.0 Å². The van der Waals surface area contributed by atoms with Gasteiger partial charge in [0.25, 0.3) is 0 Å². The van der Waals surface area contributed by atoms with Gasteiger partial charge in [-0.3, -0.25) is 9.89 Å². The maximum Gasteiger partial charge on any atom is 0.191 e. The van der Waals surface area contributed by atoms with Gasteiger partial charge in [-0.05, 0) is 51.4 Å². The van der Waals surface area contributed by atoms with Crippen molar-refractivity contribution in [1.29, 1.82) is 0 Å². The number of halogens is 1. The fourth-order valence-corrected chi connectivity index (χ4v) is 3.65. The van der Waals surface area contributed by atoms with Crippen molar-refractivity contribution in [3.63, 3.8) is 0 Å². The van der Waals surface area contributed by atoms with Crippen LogP contribution in [0.15, 0.2) is 27.8 Å². The lowest BCUT2D eigenvalue weighted by atomic mass is 10.2. The number of nitrogens with one attached hydrogen (secondary N) is 2. The predicted octanol–water partition coefficient (Wildman–Crippen LogP) is 2.02. The fraction of sp³-hybridized carbons (Fsp3) is 0.706. The molecule has 0 aromatic carbocycles. The quantitative estimate of drug-likeness (QED) is 0.235. The molecule has 1 aromatic heterocycles. The molecule has 1 aliphatic rings. The molecule has 7 nitrogen and oxygen atoms in total. The molecule has 0 amide bonds. The van der Waals surface area contributed by atoms with E-state index in [1.807, 2.05) is 19.1 Å². The Morgan fingerprint density at radius 2 is 2.08 bits per heavy atom. The zero-order valence-corrected chi connectivity index (χ0v) is 18.8. The van der Waals surface area contributed by atoms with Gasteiger partial charge in [0.2, 0.25) is 0 Å². The molecule has 1 fully saturated rings. The zero-order valence-electron chi connectivity index (χ0n) is 15.6. The average Bonchev–Trinajstić information content (AvgIpc) is 3.24. The van der Waals surface area contributed by atoms with Crippen LogP contribution < -0.4 is 10.6 Å². The van der Waals surface area contributed by atoms with Crippen molar-refractivity contribution in [1.82, 2.24) is 15.5 Å². The second-order valence-electron chi connectivity index (χ2n) is 6.40. The lowest BCUT2D eigenvalue weighted by Gasteiger charge is -2.24. The van der Waals surface area contributed by atoms with Gasteiger partial charge in [-0.25, -0.2) is 8.42 Å². The first-order chi connectivity index (χ1) is 12.0. The number of rotatable bonds is 9. The molecular formula is C17H31IN4O3S. The third kappa shape index (κ3) is 8.26. The monoisotopic (exact) mass is 498 g/mol. The van der Waals surface area contributed by atoms with Crippen LogP contribution in [-0.4, -0.2) is 64.0 Å². The molecule has 2 heterocycles. The Bertz CT molecular complexity index is 628. The Morgan fingerprint density at radius 3 is 2.65 bits per heavy atom. The van der Waals surface area contributed by atoms with Crippen molar-refractivity contribution in [2.75, 3.05) is 44.7 Å². The van der Waals surface area contributed by atoms with Crippen LogP contribution in [0.3, 0.4) is 0 Å². The second-order valence-corrected chi connectivity index (χ2v) is 8.66. The van der Waals surface area contributed by atoms with E-state index in [2.05, 4.69) is 15.5 Å². The lowest BCUT2D eigenvalue weighted by molar-refractivity contribution is 0.221. The van der Waals surface area contributed by atoms with Crippen LogP contribution in [0.5, 0.6) is 0 Å². The Balaban J connectivity index is 0.00000338. The molecule has 9 heteroatoms. The summed E-state index contributed by atoms with van der Waals surface area (Å²) < 4.78 is 28.0. The minimum Gasteiger partial charge on any atom is -0.468 e. The third-order valence-corrected chi connectivity index (χ3v) is 5.23. The van der Waals surface area contributed by atoms with Crippen LogP contribution in [0.4, 0.5) is 0 Å². The van der Waals surface area contributed by atoms with Gasteiger partial charge in [0.1, 0.15) is 15.6 Å². The molecule has 0 bridgehead atoms. The van der Waals surface area contributed by atoms with E-state index in [-0.39, 0.29) is 35.8 Å². The maximum absolute atomic E-state index is 11.2. The number of guanidine groups is 1. The van der Waals surface area contributed by atoms with Crippen LogP contribution in [-0.2, 0) is 9.84 Å². The van der Waals surface area contributed by atoms with E-state index < -0.39 is 9.84 Å². The minimum absolute atomic E-state index is 0. The Hall–Kier alpha value is -0.810. The topological polar surface area (TPSA) is 86.9 Å². The number of nitrogens with zero attached hydrogens (tertiary/aromatic N) is 2. The third-order valence-electron chi connectivity index (χ3n) is 4.20. The number of aliphatic imine (C=N–C) groups is 1. The molecular weight excluding hydrogens is 467 g/mol. The summed E-state index contributed by atoms with van der Waals surface area (Å²) >= 11 is 0. The fourth-order valence-electron chi connectivity index (χ4n) is 2.98. The van der Waals surface area contributed by atoms with Crippen LogP contribution in [0.25, 0.3) is 0 Å². The van der Waals surface area contributed by atoms with E-state index in [4.69, 9.17) is 9.41 Å². The summed E-state index contributed by atoms with van der Waals surface area (Å²) in [4.78, 5) is 7.10. The van der Waals surface area contributed by atoms with Gasteiger partial charge in [0.05, 0.1) is 24.6 Å². The molecule has 1 saturated heterocycles. The van der Waals surface area contributed by atoms with Gasteiger partial charge in [-0.1, -0.05) is 0 Å². The molecule has 1 unspecified atom stereocenters. The summed E-state index contributed by atoms with van der Waals surface area (Å²) in [6, 6.07) is 4.06. The number of hydrogen-bond acceptors (Lipinski definition) is 5. The van der Waals surface area contributed by atoms with E-state index in [1.165, 1.54) is 19.1 Å². The number of hydrogen-bond donors (Lipinski definition) is 2. The van der Waals surface area contributed by atoms with Crippen molar-refractivity contribution in [3.8, 4) is 0 Å². The normalized spacial score (nSPS) is 16.9. The largest absolute Gasteiger partial charge is 0.468 e. The Kier molecular flexibility index (Phi) is 10.6. The van der Waals surface area contributed by atoms with Crippen molar-refractivity contribution < 1.29 is 12.8 Å². The highest BCUT2D eigenvalue weighted by molar-refractivity contribution is 14.0. The molecule has 150 valence electrons. The SMILES string of the molecule is CCNC(=NCC(c1ccco1)N1CCCC1)NCCCS(C)(=O)=O.I. The molecule has 26 heavy (non-hydrogen) atoms. The lowest BCUT2D eigenvalue weighted by Crippen LogP contribution is -2.39. The highest BCUT2D eigenvalue weighted by atomic mass is 127. The van der Waals surface area contributed by atoms with Gasteiger partial charge >= 0.3 is 0 Å². The van der Waals surface area contributed by atoms with Crippen LogP contribution in [0.2, 0.25) is 0 Å². The van der Waals surface area contributed by atoms with E-state index in [1.54, 1.807) is 6.26 Å². The van der Waals surface area contributed by atoms with E-state index >= 15 is 0 Å². The summed E-state index contributed by atoms with van der Waals surface area (Å²) in [6.45, 7) is 6.09. The molecule has 2 rings (SSSR count). The van der Waals surface area contributed by atoms with Crippen LogP contribution in [0, 0.1) is 0 Å². The highest BCUT2D eigenvalue weighted by Gasteiger charge is 2.25. The van der Waals surface area contributed by atoms with Crippen molar-refractivity contribution in [2.24, 2.45) is 4.99 Å². The molecule has 0 aliphatic carbocycles. The first-order valence-corrected chi connectivity index (χ1v) is 11.0. The molecule has 2 N–H and O–H groups in total. The Labute approximate surface area is 173 Å². The average molecular weight is 498 g/mol. The number of likely N-dealkylation sites (tertiary alicyclic amines) is 1. The molecule has 0 radical (unpaired) electrons. The predicted molar refractivity (Wildman–Crippen MR) is 116 cm³/mol. The molecule has 0 saturated carbocycles. The summed E-state index contributed by atoms with van der Waals surface area (Å²) in [6.07, 6.45) is 5.96. The van der Waals surface area contributed by atoms with E-state index in [0.29, 0.717) is 25.5 Å². The van der Waals surface area contributed by atoms with Crippen LogP contribution >= 0.6 is 24.0 Å². The van der Waals surface area contributed by atoms with Crippen molar-refractivity contribution in [2.45, 2.75) is 32.2 Å². The summed E-state index contributed by atoms with van der Waals surface area (Å²) in [7, 11) is -2.92. The first kappa shape index (κ1) is 23.2. The molecule has 0 spiro atoms. The van der Waals surface area contributed by atoms with Gasteiger partial charge in [0.15, 0.2) is 5.96 Å². The first-order valence-electron chi connectivity index (χ1n) is 8.97. The van der Waals surface area contributed by atoms with Crippen molar-refractivity contribution >= 4 is 39.8 Å². The standard InChI is InChI=1S/C17H30N4O3S.HI/c1-3-18-17(19-9-7-13-25(2,22)23)20-14-15(16-8-6-12-24-16)21-10-4-5-11-21;/h6,8,12,15H,3-5,7,9-11,13-14H2,1-2H3,(H2,18,19,20);1H. The van der Waals surface area contributed by atoms with E-state index in [9.17, 15) is 8.42 Å². The summed E-state index contributed by atoms with van der Waals surface area (Å²) in [5, 5.41) is 6.42. The van der Waals surface area contributed by atoms with E-state index in [0.717, 1.165) is 25.4 Å². The maximum atomic E-state index is 11.2.